The van der Waals surface area contributed by atoms with Crippen LogP contribution >= 0.6 is 0 Å². The van der Waals surface area contributed by atoms with E-state index in [2.05, 4.69) is 0 Å². The average Bonchev–Trinajstić information content (AvgIpc) is 2.81. The molecule has 3 aromatic rings. The Morgan fingerprint density at radius 2 is 1.56 bits per heavy atom. The molecule has 0 spiro atoms. The Bertz CT molecular complexity index is 1130. The largest absolute Gasteiger partial charge is 0.493 e. The summed E-state index contributed by atoms with van der Waals surface area (Å²) in [6.45, 7) is 0.271. The fourth-order valence-electron chi connectivity index (χ4n) is 4.23. The first kappa shape index (κ1) is 21.7. The second-order valence-corrected chi connectivity index (χ2v) is 7.51. The topological polar surface area (TPSA) is 38.8 Å². The van der Waals surface area contributed by atoms with E-state index in [-0.39, 0.29) is 12.1 Å². The number of fused-ring (bicyclic) bond motifs is 1. The number of hydrogen-bond donors (Lipinski definition) is 0. The zero-order valence-corrected chi connectivity index (χ0v) is 17.6. The molecule has 3 aromatic carbocycles. The molecule has 0 aromatic heterocycles. The van der Waals surface area contributed by atoms with Crippen LogP contribution in [0.1, 0.15) is 38.7 Å². The lowest BCUT2D eigenvalue weighted by molar-refractivity contribution is -0.138. The van der Waals surface area contributed by atoms with Crippen LogP contribution in [0.25, 0.3) is 0 Å². The van der Waals surface area contributed by atoms with Crippen LogP contribution in [0, 0.1) is 0 Å². The zero-order chi connectivity index (χ0) is 22.9. The number of carbonyl (C=O) groups is 1. The Morgan fingerprint density at radius 1 is 0.938 bits per heavy atom. The molecule has 166 valence electrons. The molecule has 0 bridgehead atoms. The lowest BCUT2D eigenvalue weighted by Gasteiger charge is -2.38. The molecule has 1 aliphatic rings. The number of alkyl halides is 3. The molecule has 0 N–H and O–H groups in total. The van der Waals surface area contributed by atoms with Crippen molar-refractivity contribution in [2.45, 2.75) is 18.6 Å². The number of amides is 1. The van der Waals surface area contributed by atoms with Crippen molar-refractivity contribution < 1.29 is 27.4 Å². The van der Waals surface area contributed by atoms with Gasteiger partial charge in [-0.05, 0) is 47.4 Å². The van der Waals surface area contributed by atoms with Gasteiger partial charge in [-0.1, -0.05) is 42.5 Å². The van der Waals surface area contributed by atoms with Crippen molar-refractivity contribution in [3.05, 3.63) is 94.5 Å². The first-order valence-electron chi connectivity index (χ1n) is 10.1. The van der Waals surface area contributed by atoms with Crippen molar-refractivity contribution >= 4 is 5.91 Å². The van der Waals surface area contributed by atoms with Crippen LogP contribution in [0.4, 0.5) is 13.2 Å². The number of halogens is 3. The number of rotatable bonds is 4. The third-order valence-corrected chi connectivity index (χ3v) is 5.71. The van der Waals surface area contributed by atoms with Gasteiger partial charge in [-0.2, -0.15) is 13.2 Å². The monoisotopic (exact) mass is 441 g/mol. The lowest BCUT2D eigenvalue weighted by atomic mass is 9.87. The van der Waals surface area contributed by atoms with Crippen LogP contribution in [-0.2, 0) is 12.6 Å². The lowest BCUT2D eigenvalue weighted by Crippen LogP contribution is -2.41. The van der Waals surface area contributed by atoms with E-state index in [0.29, 0.717) is 17.9 Å². The Hall–Kier alpha value is -3.48. The normalized spacial score (nSPS) is 15.8. The number of nitrogens with zero attached hydrogens (tertiary/aromatic N) is 1. The van der Waals surface area contributed by atoms with Crippen LogP contribution in [0.15, 0.2) is 66.7 Å². The van der Waals surface area contributed by atoms with Crippen LogP contribution in [-0.4, -0.2) is 31.6 Å². The highest BCUT2D eigenvalue weighted by molar-refractivity contribution is 5.96. The minimum absolute atomic E-state index is 0.271. The van der Waals surface area contributed by atoms with E-state index in [9.17, 15) is 18.0 Å². The van der Waals surface area contributed by atoms with Crippen molar-refractivity contribution in [2.75, 3.05) is 20.8 Å². The van der Waals surface area contributed by atoms with E-state index >= 15 is 0 Å². The van der Waals surface area contributed by atoms with Gasteiger partial charge in [-0.25, -0.2) is 0 Å². The maximum atomic E-state index is 13.6. The van der Waals surface area contributed by atoms with Gasteiger partial charge in [0.05, 0.1) is 31.4 Å². The highest BCUT2D eigenvalue weighted by Crippen LogP contribution is 2.42. The second-order valence-electron chi connectivity index (χ2n) is 7.51. The summed E-state index contributed by atoms with van der Waals surface area (Å²) in [4.78, 5) is 15.0. The molecular formula is C25H22F3NO3. The summed E-state index contributed by atoms with van der Waals surface area (Å²) < 4.78 is 51.7. The Balaban J connectivity index is 1.86. The Labute approximate surface area is 184 Å². The predicted molar refractivity (Wildman–Crippen MR) is 114 cm³/mol. The number of benzene rings is 3. The van der Waals surface area contributed by atoms with Gasteiger partial charge in [-0.3, -0.25) is 4.79 Å². The number of carbonyl (C=O) groups excluding carboxylic acids is 1. The van der Waals surface area contributed by atoms with Gasteiger partial charge in [0.2, 0.25) is 0 Å². The molecule has 7 heteroatoms. The third kappa shape index (κ3) is 3.90. The average molecular weight is 441 g/mol. The third-order valence-electron chi connectivity index (χ3n) is 5.71. The van der Waals surface area contributed by atoms with Crippen molar-refractivity contribution in [3.63, 3.8) is 0 Å². The van der Waals surface area contributed by atoms with Gasteiger partial charge in [-0.15, -0.1) is 0 Å². The molecule has 0 fully saturated rings. The van der Waals surface area contributed by atoms with E-state index < -0.39 is 23.7 Å². The zero-order valence-electron chi connectivity index (χ0n) is 17.6. The van der Waals surface area contributed by atoms with Gasteiger partial charge in [0, 0.05) is 6.54 Å². The minimum Gasteiger partial charge on any atom is -0.493 e. The Kier molecular flexibility index (Phi) is 5.82. The van der Waals surface area contributed by atoms with E-state index in [1.54, 1.807) is 13.2 Å². The fourth-order valence-corrected chi connectivity index (χ4v) is 4.23. The first-order valence-corrected chi connectivity index (χ1v) is 10.1. The molecule has 1 atom stereocenters. The molecule has 1 heterocycles. The number of hydrogen-bond acceptors (Lipinski definition) is 3. The SMILES string of the molecule is COc1cc2c(cc1OC)[C@H](c1ccccc1)N(C(=O)c1ccccc1C(F)(F)F)CC2. The van der Waals surface area contributed by atoms with Gasteiger partial charge in [0.1, 0.15) is 0 Å². The van der Waals surface area contributed by atoms with Crippen molar-refractivity contribution in [1.29, 1.82) is 0 Å². The molecule has 0 saturated carbocycles. The second kappa shape index (κ2) is 8.57. The van der Waals surface area contributed by atoms with Crippen LogP contribution in [0.2, 0.25) is 0 Å². The summed E-state index contributed by atoms with van der Waals surface area (Å²) in [6, 6.07) is 17.3. The summed E-state index contributed by atoms with van der Waals surface area (Å²) in [5.74, 6) is 0.407. The summed E-state index contributed by atoms with van der Waals surface area (Å²) in [6.07, 6.45) is -4.14. The van der Waals surface area contributed by atoms with Gasteiger partial charge >= 0.3 is 6.18 Å². The highest BCUT2D eigenvalue weighted by Gasteiger charge is 2.39. The molecule has 1 amide bonds. The van der Waals surface area contributed by atoms with E-state index in [4.69, 9.17) is 9.47 Å². The molecule has 4 rings (SSSR count). The first-order chi connectivity index (χ1) is 15.3. The van der Waals surface area contributed by atoms with Crippen molar-refractivity contribution in [1.82, 2.24) is 4.90 Å². The van der Waals surface area contributed by atoms with E-state index in [1.165, 1.54) is 30.2 Å². The number of ether oxygens (including phenoxy) is 2. The molecule has 0 unspecified atom stereocenters. The van der Waals surface area contributed by atoms with E-state index in [1.807, 2.05) is 36.4 Å². The van der Waals surface area contributed by atoms with Gasteiger partial charge in [0.25, 0.3) is 5.91 Å². The molecule has 1 aliphatic heterocycles. The maximum absolute atomic E-state index is 13.6. The van der Waals surface area contributed by atoms with Crippen molar-refractivity contribution in [2.24, 2.45) is 0 Å². The summed E-state index contributed by atoms with van der Waals surface area (Å²) in [5.41, 5.74) is 1.28. The molecule has 32 heavy (non-hydrogen) atoms. The number of methoxy groups -OCH3 is 2. The smallest absolute Gasteiger partial charge is 0.417 e. The predicted octanol–water partition coefficient (Wildman–Crippen LogP) is 5.51. The fraction of sp³-hybridized carbons (Fsp3) is 0.240. The highest BCUT2D eigenvalue weighted by atomic mass is 19.4. The molecule has 0 radical (unpaired) electrons. The standard InChI is InChI=1S/C25H22F3NO3/c1-31-21-14-17-12-13-29(24(30)18-10-6-7-11-20(18)25(26,27)28)23(16-8-4-3-5-9-16)19(17)15-22(21)32-2/h3-11,14-15,23H,12-13H2,1-2H3/t23-/m0/s1. The molecule has 0 aliphatic carbocycles. The van der Waals surface area contributed by atoms with Crippen LogP contribution in [0.5, 0.6) is 11.5 Å². The van der Waals surface area contributed by atoms with E-state index in [0.717, 1.165) is 22.8 Å². The quantitative estimate of drug-likeness (QED) is 0.536. The van der Waals surface area contributed by atoms with Crippen LogP contribution < -0.4 is 9.47 Å². The summed E-state index contributed by atoms with van der Waals surface area (Å²) in [7, 11) is 3.07. The summed E-state index contributed by atoms with van der Waals surface area (Å²) in [5, 5.41) is 0. The Morgan fingerprint density at radius 3 is 2.22 bits per heavy atom. The maximum Gasteiger partial charge on any atom is 0.417 e. The van der Waals surface area contributed by atoms with Crippen LogP contribution in [0.3, 0.4) is 0 Å². The van der Waals surface area contributed by atoms with Gasteiger partial charge < -0.3 is 14.4 Å². The molecule has 0 saturated heterocycles. The summed E-state index contributed by atoms with van der Waals surface area (Å²) >= 11 is 0. The molecular weight excluding hydrogens is 419 g/mol. The van der Waals surface area contributed by atoms with Crippen molar-refractivity contribution in [3.8, 4) is 11.5 Å². The molecule has 4 nitrogen and oxygen atoms in total. The minimum atomic E-state index is -4.63. The van der Waals surface area contributed by atoms with Gasteiger partial charge in [0.15, 0.2) is 11.5 Å².